The molecule has 0 aliphatic heterocycles. The van der Waals surface area contributed by atoms with Crippen LogP contribution in [0.25, 0.3) is 32.6 Å². The SMILES string of the molecule is CC(C)(C(=O)O)c1ccc(-c2csc3c(-c4ccc(NC(=O)Nc5cccc(Cl)c5)cc4)ncnc23)cc1. The number of amides is 2. The summed E-state index contributed by atoms with van der Waals surface area (Å²) in [5.74, 6) is -0.869. The summed E-state index contributed by atoms with van der Waals surface area (Å²) in [7, 11) is 0. The van der Waals surface area contributed by atoms with Crippen LogP contribution in [0.15, 0.2) is 84.5 Å². The van der Waals surface area contributed by atoms with Gasteiger partial charge < -0.3 is 15.7 Å². The Kier molecular flexibility index (Phi) is 6.84. The Balaban J connectivity index is 1.36. The number of fused-ring (bicyclic) bond motifs is 1. The molecule has 0 saturated heterocycles. The number of carbonyl (C=O) groups excluding carboxylic acids is 1. The number of benzene rings is 3. The van der Waals surface area contributed by atoms with E-state index in [1.165, 1.54) is 0 Å². The van der Waals surface area contributed by atoms with Gasteiger partial charge in [-0.15, -0.1) is 11.3 Å². The monoisotopic (exact) mass is 542 g/mol. The third kappa shape index (κ3) is 5.09. The number of carboxylic acid groups (broad SMARTS) is 1. The first-order valence-electron chi connectivity index (χ1n) is 11.7. The highest BCUT2D eigenvalue weighted by atomic mass is 35.5. The summed E-state index contributed by atoms with van der Waals surface area (Å²) in [6.07, 6.45) is 1.54. The second kappa shape index (κ2) is 10.2. The number of aliphatic carboxylic acids is 1. The fourth-order valence-corrected chi connectivity index (χ4v) is 5.25. The predicted molar refractivity (Wildman–Crippen MR) is 153 cm³/mol. The van der Waals surface area contributed by atoms with Crippen LogP contribution in [-0.2, 0) is 10.2 Å². The smallest absolute Gasteiger partial charge is 0.323 e. The van der Waals surface area contributed by atoms with E-state index < -0.39 is 11.4 Å². The normalized spacial score (nSPS) is 11.3. The zero-order valence-corrected chi connectivity index (χ0v) is 22.1. The summed E-state index contributed by atoms with van der Waals surface area (Å²) in [6, 6.07) is 21.6. The van der Waals surface area contributed by atoms with E-state index in [1.807, 2.05) is 53.9 Å². The third-order valence-corrected chi connectivity index (χ3v) is 7.52. The average Bonchev–Trinajstić information content (AvgIpc) is 3.33. The highest BCUT2D eigenvalue weighted by Gasteiger charge is 2.29. The molecule has 0 unspecified atom stereocenters. The van der Waals surface area contributed by atoms with Gasteiger partial charge in [-0.2, -0.15) is 0 Å². The molecule has 0 bridgehead atoms. The third-order valence-electron chi connectivity index (χ3n) is 6.30. The number of nitrogens with zero attached hydrogens (tertiary/aromatic N) is 2. The lowest BCUT2D eigenvalue weighted by atomic mass is 9.84. The van der Waals surface area contributed by atoms with E-state index in [-0.39, 0.29) is 6.03 Å². The van der Waals surface area contributed by atoms with Crippen molar-refractivity contribution in [1.29, 1.82) is 0 Å². The number of hydrogen-bond acceptors (Lipinski definition) is 5. The standard InChI is InChI=1S/C29H23ClN4O3S/c1-29(2,27(35)36)19-10-6-17(7-11-19)23-15-38-26-24(31-16-32-25(23)26)18-8-12-21(13-9-18)33-28(37)34-22-5-3-4-20(30)14-22/h3-16H,1-2H3,(H,35,36)(H2,33,34,37). The summed E-state index contributed by atoms with van der Waals surface area (Å²) in [6.45, 7) is 3.38. The molecule has 9 heteroatoms. The maximum absolute atomic E-state index is 12.4. The van der Waals surface area contributed by atoms with Crippen LogP contribution < -0.4 is 10.6 Å². The average molecular weight is 543 g/mol. The van der Waals surface area contributed by atoms with Gasteiger partial charge in [0, 0.05) is 32.9 Å². The quantitative estimate of drug-likeness (QED) is 0.204. The van der Waals surface area contributed by atoms with E-state index >= 15 is 0 Å². The van der Waals surface area contributed by atoms with Crippen LogP contribution in [0.3, 0.4) is 0 Å². The maximum Gasteiger partial charge on any atom is 0.323 e. The summed E-state index contributed by atoms with van der Waals surface area (Å²) in [5, 5.41) is 17.7. The zero-order chi connectivity index (χ0) is 26.9. The minimum absolute atomic E-state index is 0.370. The van der Waals surface area contributed by atoms with E-state index in [1.54, 1.807) is 55.8 Å². The Morgan fingerprint density at radius 3 is 2.26 bits per heavy atom. The van der Waals surface area contributed by atoms with E-state index in [0.29, 0.717) is 16.4 Å². The Hall–Kier alpha value is -4.27. The van der Waals surface area contributed by atoms with E-state index in [9.17, 15) is 14.7 Å². The lowest BCUT2D eigenvalue weighted by Gasteiger charge is -2.19. The van der Waals surface area contributed by atoms with Gasteiger partial charge in [0.2, 0.25) is 0 Å². The number of halogens is 1. The molecule has 0 spiro atoms. The summed E-state index contributed by atoms with van der Waals surface area (Å²) in [5.41, 5.74) is 5.43. The maximum atomic E-state index is 12.4. The molecule has 0 aliphatic rings. The van der Waals surface area contributed by atoms with Crippen molar-refractivity contribution in [2.45, 2.75) is 19.3 Å². The van der Waals surface area contributed by atoms with Crippen LogP contribution in [0.1, 0.15) is 19.4 Å². The molecule has 7 nitrogen and oxygen atoms in total. The van der Waals surface area contributed by atoms with Crippen LogP contribution in [-0.4, -0.2) is 27.1 Å². The first-order valence-corrected chi connectivity index (χ1v) is 13.0. The summed E-state index contributed by atoms with van der Waals surface area (Å²) >= 11 is 7.53. The van der Waals surface area contributed by atoms with Crippen molar-refractivity contribution in [2.75, 3.05) is 10.6 Å². The van der Waals surface area contributed by atoms with Crippen LogP contribution in [0.5, 0.6) is 0 Å². The first kappa shape index (κ1) is 25.4. The molecule has 0 atom stereocenters. The molecular formula is C29H23ClN4O3S. The molecule has 0 aliphatic carbocycles. The number of hydrogen-bond donors (Lipinski definition) is 3. The van der Waals surface area contributed by atoms with Crippen molar-refractivity contribution >= 4 is 56.5 Å². The van der Waals surface area contributed by atoms with Gasteiger partial charge in [0.1, 0.15) is 6.33 Å². The van der Waals surface area contributed by atoms with Gasteiger partial charge in [-0.1, -0.05) is 54.1 Å². The van der Waals surface area contributed by atoms with Crippen molar-refractivity contribution in [3.8, 4) is 22.4 Å². The molecule has 2 aromatic heterocycles. The number of urea groups is 1. The molecule has 3 aromatic carbocycles. The molecule has 2 amide bonds. The Bertz CT molecular complexity index is 1650. The van der Waals surface area contributed by atoms with E-state index in [2.05, 4.69) is 20.6 Å². The Morgan fingerprint density at radius 1 is 0.895 bits per heavy atom. The lowest BCUT2D eigenvalue weighted by Crippen LogP contribution is -2.28. The van der Waals surface area contributed by atoms with Crippen molar-refractivity contribution in [3.63, 3.8) is 0 Å². The summed E-state index contributed by atoms with van der Waals surface area (Å²) in [4.78, 5) is 33.0. The number of rotatable bonds is 6. The van der Waals surface area contributed by atoms with Gasteiger partial charge >= 0.3 is 12.0 Å². The molecule has 190 valence electrons. The van der Waals surface area contributed by atoms with Crippen LogP contribution in [0, 0.1) is 0 Å². The van der Waals surface area contributed by atoms with Crippen molar-refractivity contribution in [2.24, 2.45) is 0 Å². The van der Waals surface area contributed by atoms with Gasteiger partial charge in [-0.3, -0.25) is 4.79 Å². The number of anilines is 2. The fraction of sp³-hybridized carbons (Fsp3) is 0.103. The number of thiophene rings is 1. The number of nitrogens with one attached hydrogen (secondary N) is 2. The minimum Gasteiger partial charge on any atom is -0.481 e. The van der Waals surface area contributed by atoms with Crippen LogP contribution in [0.4, 0.5) is 16.2 Å². The van der Waals surface area contributed by atoms with Gasteiger partial charge in [0.15, 0.2) is 0 Å². The molecule has 5 aromatic rings. The molecule has 2 heterocycles. The molecule has 0 radical (unpaired) electrons. The summed E-state index contributed by atoms with van der Waals surface area (Å²) < 4.78 is 0.942. The van der Waals surface area contributed by atoms with Crippen LogP contribution >= 0.6 is 22.9 Å². The minimum atomic E-state index is -0.971. The lowest BCUT2D eigenvalue weighted by molar-refractivity contribution is -0.142. The van der Waals surface area contributed by atoms with Crippen molar-refractivity contribution in [1.82, 2.24) is 9.97 Å². The van der Waals surface area contributed by atoms with Crippen molar-refractivity contribution in [3.05, 3.63) is 95.1 Å². The zero-order valence-electron chi connectivity index (χ0n) is 20.5. The van der Waals surface area contributed by atoms with Gasteiger partial charge in [0.05, 0.1) is 21.3 Å². The molecule has 0 fully saturated rings. The highest BCUT2D eigenvalue weighted by molar-refractivity contribution is 7.18. The van der Waals surface area contributed by atoms with Crippen LogP contribution in [0.2, 0.25) is 5.02 Å². The van der Waals surface area contributed by atoms with E-state index in [4.69, 9.17) is 11.6 Å². The van der Waals surface area contributed by atoms with E-state index in [0.717, 1.165) is 38.2 Å². The fourth-order valence-electron chi connectivity index (χ4n) is 4.02. The molecule has 3 N–H and O–H groups in total. The van der Waals surface area contributed by atoms with Gasteiger partial charge in [-0.25, -0.2) is 14.8 Å². The topological polar surface area (TPSA) is 104 Å². The van der Waals surface area contributed by atoms with Crippen molar-refractivity contribution < 1.29 is 14.7 Å². The molecule has 5 rings (SSSR count). The number of carbonyl (C=O) groups is 2. The number of aromatic nitrogens is 2. The van der Waals surface area contributed by atoms with Gasteiger partial charge in [-0.05, 0) is 55.3 Å². The second-order valence-corrected chi connectivity index (χ2v) is 10.5. The molecular weight excluding hydrogens is 520 g/mol. The molecule has 0 saturated carbocycles. The number of carboxylic acids is 1. The Morgan fingerprint density at radius 2 is 1.58 bits per heavy atom. The largest absolute Gasteiger partial charge is 0.481 e. The van der Waals surface area contributed by atoms with Gasteiger partial charge in [0.25, 0.3) is 0 Å². The first-order chi connectivity index (χ1) is 18.2. The highest BCUT2D eigenvalue weighted by Crippen LogP contribution is 2.38. The second-order valence-electron chi connectivity index (χ2n) is 9.22. The Labute approximate surface area is 228 Å². The molecule has 38 heavy (non-hydrogen) atoms. The predicted octanol–water partition coefficient (Wildman–Crippen LogP) is 7.68.